The maximum absolute atomic E-state index is 5.36. The molecule has 2 aromatic rings. The van der Waals surface area contributed by atoms with Crippen LogP contribution in [0.3, 0.4) is 0 Å². The van der Waals surface area contributed by atoms with Gasteiger partial charge in [0.2, 0.25) is 0 Å². The fourth-order valence-corrected chi connectivity index (χ4v) is 2.55. The summed E-state index contributed by atoms with van der Waals surface area (Å²) in [4.78, 5) is 2.41. The third kappa shape index (κ3) is 4.02. The van der Waals surface area contributed by atoms with Gasteiger partial charge < -0.3 is 4.74 Å². The van der Waals surface area contributed by atoms with E-state index in [1.807, 2.05) is 29.1 Å². The lowest BCUT2D eigenvalue weighted by atomic mass is 10.1. The highest BCUT2D eigenvalue weighted by Crippen LogP contribution is 2.14. The topological polar surface area (TPSA) is 43.2 Å². The standard InChI is InChI=1S/C17H22N4O/c1-15(7-8-20-9-11-22-12-10-20)17-14-21(19-18-17)13-16-5-3-2-4-6-16/h2-6,14H,1,7-13H2. The first-order chi connectivity index (χ1) is 10.8. The van der Waals surface area contributed by atoms with Crippen molar-refractivity contribution in [2.24, 2.45) is 0 Å². The number of nitrogens with zero attached hydrogens (tertiary/aromatic N) is 4. The Kier molecular flexibility index (Phi) is 4.98. The highest BCUT2D eigenvalue weighted by atomic mass is 16.5. The van der Waals surface area contributed by atoms with Crippen LogP contribution in [0.1, 0.15) is 17.7 Å². The SMILES string of the molecule is C=C(CCN1CCOCC1)c1cn(Cc2ccccc2)nn1. The van der Waals surface area contributed by atoms with Crippen molar-refractivity contribution in [3.8, 4) is 0 Å². The van der Waals surface area contributed by atoms with E-state index in [9.17, 15) is 0 Å². The number of benzene rings is 1. The van der Waals surface area contributed by atoms with E-state index >= 15 is 0 Å². The quantitative estimate of drug-likeness (QED) is 0.819. The van der Waals surface area contributed by atoms with Crippen LogP contribution in [0.5, 0.6) is 0 Å². The van der Waals surface area contributed by atoms with Gasteiger partial charge in [0.05, 0.1) is 26.0 Å². The highest BCUT2D eigenvalue weighted by Gasteiger charge is 2.12. The zero-order valence-electron chi connectivity index (χ0n) is 12.8. The third-order valence-corrected chi connectivity index (χ3v) is 3.92. The highest BCUT2D eigenvalue weighted by molar-refractivity contribution is 5.58. The second kappa shape index (κ2) is 7.33. The smallest absolute Gasteiger partial charge is 0.108 e. The van der Waals surface area contributed by atoms with Crippen LogP contribution in [0.15, 0.2) is 43.1 Å². The summed E-state index contributed by atoms with van der Waals surface area (Å²) >= 11 is 0. The van der Waals surface area contributed by atoms with Gasteiger partial charge in [-0.3, -0.25) is 4.90 Å². The molecule has 1 saturated heterocycles. The Hall–Kier alpha value is -1.98. The number of ether oxygens (including phenoxy) is 1. The minimum absolute atomic E-state index is 0.741. The van der Waals surface area contributed by atoms with Gasteiger partial charge in [-0.15, -0.1) is 5.10 Å². The van der Waals surface area contributed by atoms with Crippen LogP contribution in [0.4, 0.5) is 0 Å². The summed E-state index contributed by atoms with van der Waals surface area (Å²) in [7, 11) is 0. The van der Waals surface area contributed by atoms with Gasteiger partial charge >= 0.3 is 0 Å². The predicted molar refractivity (Wildman–Crippen MR) is 86.5 cm³/mol. The van der Waals surface area contributed by atoms with E-state index in [0.717, 1.165) is 57.1 Å². The zero-order chi connectivity index (χ0) is 15.2. The third-order valence-electron chi connectivity index (χ3n) is 3.92. The first-order valence-corrected chi connectivity index (χ1v) is 7.73. The number of morpholine rings is 1. The Labute approximate surface area is 131 Å². The molecule has 2 heterocycles. The van der Waals surface area contributed by atoms with E-state index in [-0.39, 0.29) is 0 Å². The van der Waals surface area contributed by atoms with Gasteiger partial charge in [0.15, 0.2) is 0 Å². The molecule has 116 valence electrons. The molecular weight excluding hydrogens is 276 g/mol. The van der Waals surface area contributed by atoms with Crippen LogP contribution >= 0.6 is 0 Å². The maximum Gasteiger partial charge on any atom is 0.108 e. The fourth-order valence-electron chi connectivity index (χ4n) is 2.55. The molecule has 3 rings (SSSR count). The summed E-state index contributed by atoms with van der Waals surface area (Å²) < 4.78 is 7.23. The van der Waals surface area contributed by atoms with Crippen molar-refractivity contribution in [3.63, 3.8) is 0 Å². The molecular formula is C17H22N4O. The second-order valence-electron chi connectivity index (χ2n) is 5.59. The van der Waals surface area contributed by atoms with Crippen LogP contribution < -0.4 is 0 Å². The molecule has 0 spiro atoms. The van der Waals surface area contributed by atoms with Crippen molar-refractivity contribution < 1.29 is 4.74 Å². The lowest BCUT2D eigenvalue weighted by Gasteiger charge is -2.26. The van der Waals surface area contributed by atoms with E-state index in [1.54, 1.807) is 0 Å². The van der Waals surface area contributed by atoms with Crippen LogP contribution in [-0.4, -0.2) is 52.7 Å². The van der Waals surface area contributed by atoms with Gasteiger partial charge in [0, 0.05) is 19.6 Å². The summed E-state index contributed by atoms with van der Waals surface area (Å²) in [5.41, 5.74) is 3.16. The first kappa shape index (κ1) is 14.9. The van der Waals surface area contributed by atoms with Crippen LogP contribution in [0, 0.1) is 0 Å². The second-order valence-corrected chi connectivity index (χ2v) is 5.59. The molecule has 1 aromatic carbocycles. The minimum Gasteiger partial charge on any atom is -0.379 e. The van der Waals surface area contributed by atoms with Crippen molar-refractivity contribution in [3.05, 3.63) is 54.4 Å². The van der Waals surface area contributed by atoms with Gasteiger partial charge in [0.1, 0.15) is 5.69 Å². The van der Waals surface area contributed by atoms with Crippen molar-refractivity contribution in [2.75, 3.05) is 32.8 Å². The lowest BCUT2D eigenvalue weighted by molar-refractivity contribution is 0.0390. The Morgan fingerprint density at radius 3 is 2.73 bits per heavy atom. The van der Waals surface area contributed by atoms with E-state index in [0.29, 0.717) is 0 Å². The molecule has 0 N–H and O–H groups in total. The molecule has 0 atom stereocenters. The molecule has 0 saturated carbocycles. The monoisotopic (exact) mass is 298 g/mol. The van der Waals surface area contributed by atoms with E-state index in [1.165, 1.54) is 5.56 Å². The van der Waals surface area contributed by atoms with Crippen molar-refractivity contribution >= 4 is 5.57 Å². The van der Waals surface area contributed by atoms with Gasteiger partial charge in [-0.25, -0.2) is 4.68 Å². The predicted octanol–water partition coefficient (Wildman–Crippen LogP) is 2.06. The van der Waals surface area contributed by atoms with E-state index in [4.69, 9.17) is 4.74 Å². The van der Waals surface area contributed by atoms with Crippen LogP contribution in [0.2, 0.25) is 0 Å². The molecule has 22 heavy (non-hydrogen) atoms. The van der Waals surface area contributed by atoms with Crippen LogP contribution in [0.25, 0.3) is 5.57 Å². The Morgan fingerprint density at radius 2 is 1.95 bits per heavy atom. The van der Waals surface area contributed by atoms with E-state index in [2.05, 4.69) is 33.9 Å². The largest absolute Gasteiger partial charge is 0.379 e. The summed E-state index contributed by atoms with van der Waals surface area (Å²) in [5, 5.41) is 8.45. The van der Waals surface area contributed by atoms with E-state index < -0.39 is 0 Å². The molecule has 1 aliphatic heterocycles. The maximum atomic E-state index is 5.36. The summed E-state index contributed by atoms with van der Waals surface area (Å²) in [5.74, 6) is 0. The fraction of sp³-hybridized carbons (Fsp3) is 0.412. The molecule has 0 amide bonds. The Bertz CT molecular complexity index is 602. The Balaban J connectivity index is 1.52. The Morgan fingerprint density at radius 1 is 1.18 bits per heavy atom. The summed E-state index contributed by atoms with van der Waals surface area (Å²) in [6, 6.07) is 10.3. The summed E-state index contributed by atoms with van der Waals surface area (Å²) in [6.07, 6.45) is 2.90. The normalized spacial score (nSPS) is 15.8. The van der Waals surface area contributed by atoms with Gasteiger partial charge in [0.25, 0.3) is 0 Å². The van der Waals surface area contributed by atoms with Crippen molar-refractivity contribution in [1.82, 2.24) is 19.9 Å². The number of aromatic nitrogens is 3. The average molecular weight is 298 g/mol. The zero-order valence-corrected chi connectivity index (χ0v) is 12.8. The van der Waals surface area contributed by atoms with Crippen molar-refractivity contribution in [2.45, 2.75) is 13.0 Å². The molecule has 0 radical (unpaired) electrons. The molecule has 1 fully saturated rings. The average Bonchev–Trinajstić information content (AvgIpc) is 3.03. The van der Waals surface area contributed by atoms with Crippen molar-refractivity contribution in [1.29, 1.82) is 0 Å². The lowest BCUT2D eigenvalue weighted by Crippen LogP contribution is -2.36. The molecule has 5 nitrogen and oxygen atoms in total. The van der Waals surface area contributed by atoms with Gasteiger partial charge in [-0.2, -0.15) is 0 Å². The summed E-state index contributed by atoms with van der Waals surface area (Å²) in [6.45, 7) is 9.59. The molecule has 1 aromatic heterocycles. The number of hydrogen-bond acceptors (Lipinski definition) is 4. The minimum atomic E-state index is 0.741. The molecule has 0 bridgehead atoms. The molecule has 1 aliphatic rings. The first-order valence-electron chi connectivity index (χ1n) is 7.73. The number of hydrogen-bond donors (Lipinski definition) is 0. The number of rotatable bonds is 6. The van der Waals surface area contributed by atoms with Crippen LogP contribution in [-0.2, 0) is 11.3 Å². The molecule has 0 aliphatic carbocycles. The molecule has 0 unspecified atom stereocenters. The van der Waals surface area contributed by atoms with Gasteiger partial charge in [-0.05, 0) is 17.6 Å². The van der Waals surface area contributed by atoms with Gasteiger partial charge in [-0.1, -0.05) is 42.1 Å². The molecule has 5 heteroatoms.